The Morgan fingerprint density at radius 1 is 0.292 bits per heavy atom. The maximum atomic E-state index is 5.46. The topological polar surface area (TPSA) is 38.7 Å². The molecule has 1 spiro atoms. The zero-order valence-electron chi connectivity index (χ0n) is 36.4. The summed E-state index contributed by atoms with van der Waals surface area (Å²) in [5, 5.41) is 0. The van der Waals surface area contributed by atoms with Crippen LogP contribution in [-0.2, 0) is 10.8 Å². The zero-order valence-corrected chi connectivity index (χ0v) is 36.4. The maximum Gasteiger partial charge on any atom is 0.164 e. The first-order chi connectivity index (χ1) is 32.2. The second kappa shape index (κ2) is 15.2. The lowest BCUT2D eigenvalue weighted by Crippen LogP contribution is -2.59. The molecule has 312 valence electrons. The van der Waals surface area contributed by atoms with Crippen molar-refractivity contribution in [3.63, 3.8) is 0 Å². The molecule has 1 aromatic heterocycles. The Balaban J connectivity index is 1.07. The van der Waals surface area contributed by atoms with E-state index in [1.807, 2.05) is 0 Å². The molecule has 8 aromatic carbocycles. The smallest absolute Gasteiger partial charge is 0.164 e. The van der Waals surface area contributed by atoms with Gasteiger partial charge in [-0.15, -0.1) is 0 Å². The lowest BCUT2D eigenvalue weighted by molar-refractivity contribution is -0.0440. The van der Waals surface area contributed by atoms with Crippen LogP contribution in [-0.4, -0.2) is 15.0 Å². The molecule has 5 aliphatic carbocycles. The van der Waals surface area contributed by atoms with Gasteiger partial charge in [0.2, 0.25) is 0 Å². The summed E-state index contributed by atoms with van der Waals surface area (Å²) in [5.41, 5.74) is 15.3. The standard InChI is InChI=1S/C62H49N3/c1-5-17-43(18-6-1)45-21-15-23-47(38-45)58-63-59(48-24-16-22-46(39-48)44-19-7-2-8-20-44)65-60(64-58)49-31-32-56-57(40-49)62(52-34-41-33-42(36-52)37-53(62)35-41)55-30-14-13-29-54(55)61(56,50-25-9-3-10-26-50)51-27-11-4-12-28-51/h1-32,38-42,52-53H,33-37H2. The number of fused-ring (bicyclic) bond motifs is 2. The molecule has 4 bridgehead atoms. The zero-order chi connectivity index (χ0) is 43.0. The van der Waals surface area contributed by atoms with Crippen molar-refractivity contribution in [3.05, 3.63) is 246 Å². The fraction of sp³-hybridized carbons (Fsp3) is 0.177. The molecule has 0 N–H and O–H groups in total. The van der Waals surface area contributed by atoms with Crippen LogP contribution < -0.4 is 0 Å². The molecule has 0 radical (unpaired) electrons. The van der Waals surface area contributed by atoms with E-state index in [0.717, 1.165) is 50.8 Å². The second-order valence-electron chi connectivity index (χ2n) is 19.2. The molecule has 0 amide bonds. The van der Waals surface area contributed by atoms with Crippen molar-refractivity contribution < 1.29 is 0 Å². The third-order valence-electron chi connectivity index (χ3n) is 15.8. The van der Waals surface area contributed by atoms with Gasteiger partial charge in [-0.25, -0.2) is 15.0 Å². The van der Waals surface area contributed by atoms with Gasteiger partial charge in [-0.3, -0.25) is 0 Å². The fourth-order valence-corrected chi connectivity index (χ4v) is 13.5. The lowest BCUT2D eigenvalue weighted by atomic mass is 9.38. The number of benzene rings is 8. The first-order valence-electron chi connectivity index (χ1n) is 23.6. The Labute approximate surface area is 382 Å². The van der Waals surface area contributed by atoms with Gasteiger partial charge in [0.05, 0.1) is 5.41 Å². The van der Waals surface area contributed by atoms with E-state index in [1.165, 1.54) is 65.5 Å². The van der Waals surface area contributed by atoms with Crippen molar-refractivity contribution in [1.82, 2.24) is 15.0 Å². The summed E-state index contributed by atoms with van der Waals surface area (Å²) in [5.74, 6) is 4.83. The van der Waals surface area contributed by atoms with Gasteiger partial charge in [-0.2, -0.15) is 0 Å². The molecule has 14 rings (SSSR count). The SMILES string of the molecule is c1ccc(-c2cccc(-c3nc(-c4cccc(-c5ccccc5)c4)nc(-c4ccc5c(c4)C4(c6ccccc6C5(c5ccccc5)c5ccccc5)C5CC6CC(C5)CC4C6)n3)c2)cc1. The predicted octanol–water partition coefficient (Wildman–Crippen LogP) is 14.6. The summed E-state index contributed by atoms with van der Waals surface area (Å²) >= 11 is 0. The summed E-state index contributed by atoms with van der Waals surface area (Å²) in [7, 11) is 0. The van der Waals surface area contributed by atoms with Crippen LogP contribution in [0.15, 0.2) is 212 Å². The molecule has 0 unspecified atom stereocenters. The van der Waals surface area contributed by atoms with Crippen LogP contribution in [0.3, 0.4) is 0 Å². The minimum atomic E-state index is -0.516. The Bertz CT molecular complexity index is 3040. The molecule has 0 atom stereocenters. The number of rotatable bonds is 7. The summed E-state index contributed by atoms with van der Waals surface area (Å²) in [6, 6.07) is 78.0. The molecular formula is C62H49N3. The van der Waals surface area contributed by atoms with Gasteiger partial charge in [0, 0.05) is 22.1 Å². The maximum absolute atomic E-state index is 5.46. The van der Waals surface area contributed by atoms with E-state index in [-0.39, 0.29) is 5.41 Å². The largest absolute Gasteiger partial charge is 0.208 e. The lowest BCUT2D eigenvalue weighted by Gasteiger charge is -2.65. The van der Waals surface area contributed by atoms with Crippen LogP contribution in [0.5, 0.6) is 0 Å². The van der Waals surface area contributed by atoms with Gasteiger partial charge < -0.3 is 0 Å². The molecule has 3 nitrogen and oxygen atoms in total. The van der Waals surface area contributed by atoms with Crippen molar-refractivity contribution >= 4 is 0 Å². The molecule has 1 heterocycles. The van der Waals surface area contributed by atoms with Crippen molar-refractivity contribution in [2.45, 2.75) is 42.9 Å². The van der Waals surface area contributed by atoms with E-state index >= 15 is 0 Å². The Morgan fingerprint density at radius 3 is 1.17 bits per heavy atom. The summed E-state index contributed by atoms with van der Waals surface area (Å²) in [6.45, 7) is 0. The Hall–Kier alpha value is -7.23. The highest BCUT2D eigenvalue weighted by Gasteiger charge is 2.63. The van der Waals surface area contributed by atoms with Gasteiger partial charge >= 0.3 is 0 Å². The molecule has 4 fully saturated rings. The van der Waals surface area contributed by atoms with Crippen LogP contribution in [0, 0.1) is 23.7 Å². The van der Waals surface area contributed by atoms with Gasteiger partial charge in [0.1, 0.15) is 0 Å². The number of nitrogens with zero attached hydrogens (tertiary/aromatic N) is 3. The molecule has 65 heavy (non-hydrogen) atoms. The molecule has 0 aliphatic heterocycles. The molecule has 0 saturated heterocycles. The van der Waals surface area contributed by atoms with E-state index in [4.69, 9.17) is 15.0 Å². The minimum absolute atomic E-state index is 0.116. The van der Waals surface area contributed by atoms with E-state index < -0.39 is 5.41 Å². The van der Waals surface area contributed by atoms with Gasteiger partial charge in [0.15, 0.2) is 17.5 Å². The summed E-state index contributed by atoms with van der Waals surface area (Å²) in [4.78, 5) is 16.2. The van der Waals surface area contributed by atoms with Crippen molar-refractivity contribution in [1.29, 1.82) is 0 Å². The summed E-state index contributed by atoms with van der Waals surface area (Å²) in [6.07, 6.45) is 6.59. The highest BCUT2D eigenvalue weighted by molar-refractivity contribution is 5.77. The Kier molecular flexibility index (Phi) is 8.95. The molecule has 9 aromatic rings. The monoisotopic (exact) mass is 835 g/mol. The molecular weight excluding hydrogens is 787 g/mol. The quantitative estimate of drug-likeness (QED) is 0.161. The van der Waals surface area contributed by atoms with Crippen molar-refractivity contribution in [3.8, 4) is 56.4 Å². The van der Waals surface area contributed by atoms with Crippen molar-refractivity contribution in [2.24, 2.45) is 23.7 Å². The first-order valence-corrected chi connectivity index (χ1v) is 23.6. The normalized spacial score (nSPS) is 22.0. The summed E-state index contributed by atoms with van der Waals surface area (Å²) < 4.78 is 0. The van der Waals surface area contributed by atoms with E-state index in [1.54, 1.807) is 0 Å². The van der Waals surface area contributed by atoms with Crippen LogP contribution in [0.1, 0.15) is 65.5 Å². The highest BCUT2D eigenvalue weighted by Crippen LogP contribution is 2.70. The first kappa shape index (κ1) is 38.2. The van der Waals surface area contributed by atoms with Crippen molar-refractivity contribution in [2.75, 3.05) is 0 Å². The van der Waals surface area contributed by atoms with Gasteiger partial charge in [0.25, 0.3) is 0 Å². The van der Waals surface area contributed by atoms with Crippen LogP contribution in [0.25, 0.3) is 56.4 Å². The average Bonchev–Trinajstić information content (AvgIpc) is 3.38. The van der Waals surface area contributed by atoms with E-state index in [9.17, 15) is 0 Å². The number of aromatic nitrogens is 3. The van der Waals surface area contributed by atoms with Crippen LogP contribution >= 0.6 is 0 Å². The fourth-order valence-electron chi connectivity index (χ4n) is 13.5. The molecule has 5 aliphatic rings. The molecule has 3 heteroatoms. The minimum Gasteiger partial charge on any atom is -0.208 e. The third-order valence-corrected chi connectivity index (χ3v) is 15.8. The van der Waals surface area contributed by atoms with Gasteiger partial charge in [-0.1, -0.05) is 194 Å². The highest BCUT2D eigenvalue weighted by atomic mass is 15.0. The average molecular weight is 836 g/mol. The second-order valence-corrected chi connectivity index (χ2v) is 19.2. The van der Waals surface area contributed by atoms with Gasteiger partial charge in [-0.05, 0) is 130 Å². The van der Waals surface area contributed by atoms with E-state index in [0.29, 0.717) is 29.3 Å². The number of hydrogen-bond acceptors (Lipinski definition) is 3. The number of hydrogen-bond donors (Lipinski definition) is 0. The predicted molar refractivity (Wildman–Crippen MR) is 263 cm³/mol. The van der Waals surface area contributed by atoms with E-state index in [2.05, 4.69) is 212 Å². The third kappa shape index (κ3) is 5.98. The Morgan fingerprint density at radius 2 is 0.677 bits per heavy atom. The molecule has 4 saturated carbocycles. The van der Waals surface area contributed by atoms with Crippen LogP contribution in [0.4, 0.5) is 0 Å². The van der Waals surface area contributed by atoms with Crippen LogP contribution in [0.2, 0.25) is 0 Å².